The molecule has 0 spiro atoms. The lowest BCUT2D eigenvalue weighted by Gasteiger charge is -2.14. The van der Waals surface area contributed by atoms with Crippen LogP contribution in [0.15, 0.2) is 24.5 Å². The predicted molar refractivity (Wildman–Crippen MR) is 76.8 cm³/mol. The average Bonchev–Trinajstić information content (AvgIpc) is 3.06. The molecule has 1 aromatic carbocycles. The van der Waals surface area contributed by atoms with Crippen molar-refractivity contribution in [3.8, 4) is 5.75 Å². The molecule has 1 N–H and O–H groups in total. The van der Waals surface area contributed by atoms with Crippen molar-refractivity contribution in [1.82, 2.24) is 20.1 Å². The van der Waals surface area contributed by atoms with Crippen LogP contribution in [0.1, 0.15) is 29.9 Å². The van der Waals surface area contributed by atoms with E-state index < -0.39 is 0 Å². The van der Waals surface area contributed by atoms with Crippen molar-refractivity contribution >= 4 is 0 Å². The highest BCUT2D eigenvalue weighted by Gasteiger charge is 2.14. The van der Waals surface area contributed by atoms with Crippen LogP contribution in [0, 0.1) is 0 Å². The van der Waals surface area contributed by atoms with Crippen molar-refractivity contribution in [2.45, 2.75) is 25.8 Å². The van der Waals surface area contributed by atoms with Crippen molar-refractivity contribution in [3.63, 3.8) is 0 Å². The number of aromatic nitrogens is 3. The summed E-state index contributed by atoms with van der Waals surface area (Å²) in [7, 11) is 1.89. The van der Waals surface area contributed by atoms with Crippen LogP contribution in [0.25, 0.3) is 0 Å². The number of hydrogen-bond donors (Lipinski definition) is 1. The minimum atomic E-state index is 0.324. The number of rotatable bonds is 5. The van der Waals surface area contributed by atoms with E-state index in [4.69, 9.17) is 4.74 Å². The van der Waals surface area contributed by atoms with Crippen LogP contribution in [0.2, 0.25) is 0 Å². The minimum absolute atomic E-state index is 0.324. The molecule has 1 aromatic heterocycles. The van der Waals surface area contributed by atoms with E-state index in [1.807, 2.05) is 7.05 Å². The number of fused-ring (bicyclic) bond motifs is 1. The number of nitrogens with zero attached hydrogens (tertiary/aromatic N) is 3. The van der Waals surface area contributed by atoms with Gasteiger partial charge in [-0.3, -0.25) is 4.68 Å². The molecule has 1 unspecified atom stereocenters. The van der Waals surface area contributed by atoms with Crippen molar-refractivity contribution < 1.29 is 4.74 Å². The zero-order valence-corrected chi connectivity index (χ0v) is 12.0. The van der Waals surface area contributed by atoms with E-state index in [1.165, 1.54) is 11.1 Å². The van der Waals surface area contributed by atoms with Crippen molar-refractivity contribution in [3.05, 3.63) is 41.5 Å². The summed E-state index contributed by atoms with van der Waals surface area (Å²) in [6.45, 7) is 3.87. The second kappa shape index (κ2) is 5.63. The second-order valence-corrected chi connectivity index (χ2v) is 5.23. The van der Waals surface area contributed by atoms with Crippen molar-refractivity contribution in [1.29, 1.82) is 0 Å². The average molecular weight is 272 g/mol. The van der Waals surface area contributed by atoms with Gasteiger partial charge in [-0.1, -0.05) is 12.1 Å². The van der Waals surface area contributed by atoms with Gasteiger partial charge in [0.15, 0.2) is 5.82 Å². The van der Waals surface area contributed by atoms with Crippen molar-refractivity contribution in [2.75, 3.05) is 13.2 Å². The zero-order chi connectivity index (χ0) is 13.9. The lowest BCUT2D eigenvalue weighted by Crippen LogP contribution is -2.21. The normalized spacial score (nSPS) is 14.9. The van der Waals surface area contributed by atoms with E-state index in [2.05, 4.69) is 40.5 Å². The molecule has 0 fully saturated rings. The van der Waals surface area contributed by atoms with Crippen LogP contribution in [0.5, 0.6) is 5.75 Å². The third-order valence-electron chi connectivity index (χ3n) is 3.66. The maximum Gasteiger partial charge on any atom is 0.151 e. The Balaban J connectivity index is 1.55. The molecule has 106 valence electrons. The van der Waals surface area contributed by atoms with Gasteiger partial charge in [0.2, 0.25) is 0 Å². The van der Waals surface area contributed by atoms with Crippen molar-refractivity contribution in [2.24, 2.45) is 7.05 Å². The standard InChI is InChI=1S/C15H20N4O/c1-11(16-7-5-15-17-10-19(2)18-15)12-3-4-14-13(9-12)6-8-20-14/h3-4,9-11,16H,5-8H2,1-2H3. The third kappa shape index (κ3) is 2.82. The van der Waals surface area contributed by atoms with E-state index in [-0.39, 0.29) is 0 Å². The number of nitrogens with one attached hydrogen (secondary N) is 1. The van der Waals surface area contributed by atoms with Gasteiger partial charge in [0, 0.05) is 32.5 Å². The van der Waals surface area contributed by atoms with E-state index in [0.29, 0.717) is 6.04 Å². The second-order valence-electron chi connectivity index (χ2n) is 5.23. The first-order chi connectivity index (χ1) is 9.72. The van der Waals surface area contributed by atoms with Gasteiger partial charge in [0.25, 0.3) is 0 Å². The molecule has 0 aliphatic carbocycles. The molecule has 5 nitrogen and oxygen atoms in total. The minimum Gasteiger partial charge on any atom is -0.493 e. The monoisotopic (exact) mass is 272 g/mol. The fourth-order valence-corrected chi connectivity index (χ4v) is 2.49. The molecule has 2 aromatic rings. The Morgan fingerprint density at radius 3 is 3.15 bits per heavy atom. The SMILES string of the molecule is CC(NCCc1ncn(C)n1)c1ccc2c(c1)CCO2. The molecule has 1 atom stereocenters. The molecule has 0 amide bonds. The Bertz CT molecular complexity index is 593. The predicted octanol–water partition coefficient (Wildman–Crippen LogP) is 1.64. The molecule has 3 rings (SSSR count). The summed E-state index contributed by atoms with van der Waals surface area (Å²) in [6.07, 6.45) is 3.60. The molecule has 0 bridgehead atoms. The summed E-state index contributed by atoms with van der Waals surface area (Å²) in [4.78, 5) is 4.23. The number of aryl methyl sites for hydroxylation is 1. The fraction of sp³-hybridized carbons (Fsp3) is 0.467. The van der Waals surface area contributed by atoms with Crippen LogP contribution in [0.4, 0.5) is 0 Å². The summed E-state index contributed by atoms with van der Waals surface area (Å²) in [5, 5.41) is 7.79. The Hall–Kier alpha value is -1.88. The number of hydrogen-bond acceptors (Lipinski definition) is 4. The summed E-state index contributed by atoms with van der Waals surface area (Å²) in [5.74, 6) is 1.92. The summed E-state index contributed by atoms with van der Waals surface area (Å²) in [6, 6.07) is 6.79. The Morgan fingerprint density at radius 1 is 1.45 bits per heavy atom. The third-order valence-corrected chi connectivity index (χ3v) is 3.66. The van der Waals surface area contributed by atoms with E-state index in [9.17, 15) is 0 Å². The van der Waals surface area contributed by atoms with Crippen LogP contribution in [-0.2, 0) is 19.9 Å². The molecule has 5 heteroatoms. The van der Waals surface area contributed by atoms with Gasteiger partial charge in [-0.05, 0) is 24.1 Å². The first kappa shape index (κ1) is 13.1. The van der Waals surface area contributed by atoms with Gasteiger partial charge in [-0.2, -0.15) is 5.10 Å². The summed E-state index contributed by atoms with van der Waals surface area (Å²) < 4.78 is 7.27. The van der Waals surface area contributed by atoms with Gasteiger partial charge in [-0.15, -0.1) is 0 Å². The number of ether oxygens (including phenoxy) is 1. The first-order valence-electron chi connectivity index (χ1n) is 7.06. The Kier molecular flexibility index (Phi) is 3.69. The van der Waals surface area contributed by atoms with E-state index in [1.54, 1.807) is 11.0 Å². The lowest BCUT2D eigenvalue weighted by molar-refractivity contribution is 0.356. The molecule has 0 saturated carbocycles. The quantitative estimate of drug-likeness (QED) is 0.899. The highest BCUT2D eigenvalue weighted by molar-refractivity contribution is 5.40. The molecule has 2 heterocycles. The first-order valence-corrected chi connectivity index (χ1v) is 7.06. The van der Waals surface area contributed by atoms with E-state index in [0.717, 1.165) is 37.6 Å². The van der Waals surface area contributed by atoms with Crippen LogP contribution in [-0.4, -0.2) is 27.9 Å². The molecular formula is C15H20N4O. The topological polar surface area (TPSA) is 52.0 Å². The van der Waals surface area contributed by atoms with E-state index >= 15 is 0 Å². The molecule has 0 saturated heterocycles. The molecule has 0 radical (unpaired) electrons. The van der Waals surface area contributed by atoms with Gasteiger partial charge in [0.05, 0.1) is 6.61 Å². The van der Waals surface area contributed by atoms with Gasteiger partial charge in [-0.25, -0.2) is 4.98 Å². The Morgan fingerprint density at radius 2 is 2.35 bits per heavy atom. The highest BCUT2D eigenvalue weighted by atomic mass is 16.5. The number of benzene rings is 1. The maximum absolute atomic E-state index is 5.54. The smallest absolute Gasteiger partial charge is 0.151 e. The van der Waals surface area contributed by atoms with Crippen LogP contribution in [0.3, 0.4) is 0 Å². The summed E-state index contributed by atoms with van der Waals surface area (Å²) >= 11 is 0. The van der Waals surface area contributed by atoms with Crippen LogP contribution >= 0.6 is 0 Å². The lowest BCUT2D eigenvalue weighted by atomic mass is 10.0. The summed E-state index contributed by atoms with van der Waals surface area (Å²) in [5.41, 5.74) is 2.63. The van der Waals surface area contributed by atoms with Crippen LogP contribution < -0.4 is 10.1 Å². The largest absolute Gasteiger partial charge is 0.493 e. The zero-order valence-electron chi connectivity index (χ0n) is 12.0. The highest BCUT2D eigenvalue weighted by Crippen LogP contribution is 2.27. The van der Waals surface area contributed by atoms with Gasteiger partial charge >= 0.3 is 0 Å². The molecule has 1 aliphatic heterocycles. The maximum atomic E-state index is 5.54. The molecule has 20 heavy (non-hydrogen) atoms. The van der Waals surface area contributed by atoms with Gasteiger partial charge in [0.1, 0.15) is 12.1 Å². The molecule has 1 aliphatic rings. The van der Waals surface area contributed by atoms with Gasteiger partial charge < -0.3 is 10.1 Å². The fourth-order valence-electron chi connectivity index (χ4n) is 2.49. The Labute approximate surface area is 119 Å². The molecular weight excluding hydrogens is 252 g/mol.